The zero-order chi connectivity index (χ0) is 28.9. The molecule has 0 saturated carbocycles. The summed E-state index contributed by atoms with van der Waals surface area (Å²) in [7, 11) is -4.16. The lowest BCUT2D eigenvalue weighted by atomic mass is 10.1. The Morgan fingerprint density at radius 3 is 2.00 bits per heavy atom. The quantitative estimate of drug-likeness (QED) is 0.354. The summed E-state index contributed by atoms with van der Waals surface area (Å²) < 4.78 is 29.0. The summed E-state index contributed by atoms with van der Waals surface area (Å²) in [6, 6.07) is 18.1. The number of rotatable bonds is 10. The van der Waals surface area contributed by atoms with E-state index >= 15 is 0 Å². The summed E-state index contributed by atoms with van der Waals surface area (Å²) >= 11 is 6.36. The molecule has 3 aromatic carbocycles. The predicted molar refractivity (Wildman–Crippen MR) is 156 cm³/mol. The van der Waals surface area contributed by atoms with Gasteiger partial charge < -0.3 is 10.2 Å². The molecule has 208 valence electrons. The molecule has 0 fully saturated rings. The van der Waals surface area contributed by atoms with E-state index in [1.54, 1.807) is 44.2 Å². The molecule has 0 aliphatic rings. The molecule has 0 aliphatic heterocycles. The fraction of sp³-hybridized carbons (Fsp3) is 0.333. The number of anilines is 1. The summed E-state index contributed by atoms with van der Waals surface area (Å²) in [4.78, 5) is 28.4. The molecular weight excluding hydrogens is 534 g/mol. The van der Waals surface area contributed by atoms with Crippen molar-refractivity contribution in [3.05, 3.63) is 94.0 Å². The van der Waals surface area contributed by atoms with Crippen LogP contribution in [0.3, 0.4) is 0 Å². The normalized spacial score (nSPS) is 12.2. The molecule has 7 nitrogen and oxygen atoms in total. The standard InChI is InChI=1S/C30H36ClN3O4S/c1-20(2)32-30(36)24(6)33(18-25-14-10-21(3)11-15-25)29(35)19-34(28-9-7-8-27(31)23(28)5)39(37,38)26-16-12-22(4)13-17-26/h7-17,20,24H,18-19H2,1-6H3,(H,32,36)/t24-/m0/s1. The van der Waals surface area contributed by atoms with Gasteiger partial charge in [0.1, 0.15) is 12.6 Å². The van der Waals surface area contributed by atoms with Gasteiger partial charge in [0.15, 0.2) is 0 Å². The molecule has 3 aromatic rings. The average molecular weight is 570 g/mol. The van der Waals surface area contributed by atoms with Crippen LogP contribution in [0.15, 0.2) is 71.6 Å². The Hall–Kier alpha value is -3.36. The van der Waals surface area contributed by atoms with Gasteiger partial charge in [-0.3, -0.25) is 13.9 Å². The smallest absolute Gasteiger partial charge is 0.264 e. The molecule has 0 aromatic heterocycles. The molecule has 0 bridgehead atoms. The number of aryl methyl sites for hydroxylation is 2. The molecular formula is C30H36ClN3O4S. The third-order valence-corrected chi connectivity index (χ3v) is 8.65. The minimum absolute atomic E-state index is 0.0518. The maximum absolute atomic E-state index is 14.0. The monoisotopic (exact) mass is 569 g/mol. The second kappa shape index (κ2) is 12.7. The second-order valence-electron chi connectivity index (χ2n) is 10.1. The number of hydrogen-bond acceptors (Lipinski definition) is 4. The summed E-state index contributed by atoms with van der Waals surface area (Å²) in [5.41, 5.74) is 3.62. The molecule has 0 unspecified atom stereocenters. The van der Waals surface area contributed by atoms with Gasteiger partial charge in [0.2, 0.25) is 11.8 Å². The van der Waals surface area contributed by atoms with Crippen LogP contribution in [0.25, 0.3) is 0 Å². The van der Waals surface area contributed by atoms with Gasteiger partial charge in [0, 0.05) is 17.6 Å². The summed E-state index contributed by atoms with van der Waals surface area (Å²) in [5, 5.41) is 3.23. The highest BCUT2D eigenvalue weighted by Crippen LogP contribution is 2.31. The minimum Gasteiger partial charge on any atom is -0.352 e. The Balaban J connectivity index is 2.07. The van der Waals surface area contributed by atoms with Crippen LogP contribution >= 0.6 is 11.6 Å². The Labute approximate surface area is 236 Å². The van der Waals surface area contributed by atoms with Crippen molar-refractivity contribution in [2.45, 2.75) is 65.1 Å². The first-order valence-electron chi connectivity index (χ1n) is 12.8. The largest absolute Gasteiger partial charge is 0.352 e. The van der Waals surface area contributed by atoms with Crippen LogP contribution in [0.2, 0.25) is 5.02 Å². The lowest BCUT2D eigenvalue weighted by molar-refractivity contribution is -0.139. The van der Waals surface area contributed by atoms with Gasteiger partial charge >= 0.3 is 0 Å². The Morgan fingerprint density at radius 1 is 0.872 bits per heavy atom. The molecule has 0 aliphatic carbocycles. The van der Waals surface area contributed by atoms with Crippen LogP contribution < -0.4 is 9.62 Å². The van der Waals surface area contributed by atoms with Crippen LogP contribution in [-0.2, 0) is 26.2 Å². The highest BCUT2D eigenvalue weighted by atomic mass is 35.5. The van der Waals surface area contributed by atoms with Crippen LogP contribution in [0.1, 0.15) is 43.0 Å². The van der Waals surface area contributed by atoms with Crippen LogP contribution in [0.5, 0.6) is 0 Å². The SMILES string of the molecule is Cc1ccc(CN(C(=O)CN(c2cccc(Cl)c2C)S(=O)(=O)c2ccc(C)cc2)[C@@H](C)C(=O)NC(C)C)cc1. The fourth-order valence-corrected chi connectivity index (χ4v) is 5.74. The number of nitrogens with one attached hydrogen (secondary N) is 1. The van der Waals surface area contributed by atoms with E-state index in [4.69, 9.17) is 11.6 Å². The average Bonchev–Trinajstić information content (AvgIpc) is 2.88. The molecule has 3 rings (SSSR count). The summed E-state index contributed by atoms with van der Waals surface area (Å²) in [6.07, 6.45) is 0. The topological polar surface area (TPSA) is 86.8 Å². The van der Waals surface area contributed by atoms with Gasteiger partial charge in [0.25, 0.3) is 10.0 Å². The number of nitrogens with zero attached hydrogens (tertiary/aromatic N) is 2. The Kier molecular flexibility index (Phi) is 9.80. The highest BCUT2D eigenvalue weighted by molar-refractivity contribution is 7.92. The van der Waals surface area contributed by atoms with Crippen LogP contribution in [0, 0.1) is 20.8 Å². The zero-order valence-corrected chi connectivity index (χ0v) is 24.8. The van der Waals surface area contributed by atoms with Crippen LogP contribution in [0.4, 0.5) is 5.69 Å². The molecule has 1 atom stereocenters. The number of sulfonamides is 1. The molecule has 39 heavy (non-hydrogen) atoms. The van der Waals surface area contributed by atoms with Gasteiger partial charge in [-0.2, -0.15) is 0 Å². The lowest BCUT2D eigenvalue weighted by Gasteiger charge is -2.33. The maximum Gasteiger partial charge on any atom is 0.264 e. The van der Waals surface area contributed by atoms with E-state index in [9.17, 15) is 18.0 Å². The van der Waals surface area contributed by atoms with Crippen molar-refractivity contribution in [3.63, 3.8) is 0 Å². The number of hydrogen-bond donors (Lipinski definition) is 1. The van der Waals surface area contributed by atoms with E-state index in [1.165, 1.54) is 17.0 Å². The summed E-state index contributed by atoms with van der Waals surface area (Å²) in [6.45, 7) is 10.5. The van der Waals surface area contributed by atoms with E-state index in [0.29, 0.717) is 16.3 Å². The van der Waals surface area contributed by atoms with Crippen molar-refractivity contribution in [1.29, 1.82) is 0 Å². The van der Waals surface area contributed by atoms with Crippen molar-refractivity contribution in [2.75, 3.05) is 10.8 Å². The van der Waals surface area contributed by atoms with E-state index in [1.807, 2.05) is 52.0 Å². The molecule has 2 amide bonds. The van der Waals surface area contributed by atoms with Crippen LogP contribution in [-0.4, -0.2) is 43.8 Å². The number of benzene rings is 3. The Bertz CT molecular complexity index is 1420. The minimum atomic E-state index is -4.16. The first kappa shape index (κ1) is 30.2. The number of halogens is 1. The van der Waals surface area contributed by atoms with Gasteiger partial charge in [-0.1, -0.05) is 65.2 Å². The first-order valence-corrected chi connectivity index (χ1v) is 14.6. The predicted octanol–water partition coefficient (Wildman–Crippen LogP) is 5.40. The zero-order valence-electron chi connectivity index (χ0n) is 23.2. The molecule has 0 spiro atoms. The highest BCUT2D eigenvalue weighted by Gasteiger charge is 2.33. The van der Waals surface area contributed by atoms with E-state index in [0.717, 1.165) is 21.0 Å². The van der Waals surface area contributed by atoms with Gasteiger partial charge in [-0.25, -0.2) is 8.42 Å². The third-order valence-electron chi connectivity index (χ3n) is 6.47. The molecule has 0 saturated heterocycles. The third kappa shape index (κ3) is 7.40. The number of carbonyl (C=O) groups is 2. The maximum atomic E-state index is 14.0. The molecule has 0 heterocycles. The van der Waals surface area contributed by atoms with Crippen molar-refractivity contribution < 1.29 is 18.0 Å². The van der Waals surface area contributed by atoms with Gasteiger partial charge in [-0.05, 0) is 76.9 Å². The van der Waals surface area contributed by atoms with Gasteiger partial charge in [0.05, 0.1) is 10.6 Å². The van der Waals surface area contributed by atoms with E-state index in [2.05, 4.69) is 5.32 Å². The van der Waals surface area contributed by atoms with Crippen molar-refractivity contribution in [3.8, 4) is 0 Å². The lowest BCUT2D eigenvalue weighted by Crippen LogP contribution is -2.52. The second-order valence-corrected chi connectivity index (χ2v) is 12.3. The van der Waals surface area contributed by atoms with E-state index < -0.39 is 28.5 Å². The van der Waals surface area contributed by atoms with Crippen molar-refractivity contribution >= 4 is 39.1 Å². The van der Waals surface area contributed by atoms with E-state index in [-0.39, 0.29) is 23.4 Å². The van der Waals surface area contributed by atoms with Gasteiger partial charge in [-0.15, -0.1) is 0 Å². The fourth-order valence-electron chi connectivity index (χ4n) is 4.09. The summed E-state index contributed by atoms with van der Waals surface area (Å²) in [5.74, 6) is -0.839. The molecule has 0 radical (unpaired) electrons. The van der Waals surface area contributed by atoms with Crippen molar-refractivity contribution in [1.82, 2.24) is 10.2 Å². The molecule has 1 N–H and O–H groups in total. The number of amides is 2. The first-order chi connectivity index (χ1) is 18.3. The number of carbonyl (C=O) groups excluding carboxylic acids is 2. The Morgan fingerprint density at radius 2 is 1.44 bits per heavy atom. The van der Waals surface area contributed by atoms with Crippen molar-refractivity contribution in [2.24, 2.45) is 0 Å². The molecule has 9 heteroatoms.